The number of nitrogens with zero attached hydrogens (tertiary/aromatic N) is 1. The molecule has 0 spiro atoms. The van der Waals surface area contributed by atoms with Crippen LogP contribution in [0.3, 0.4) is 0 Å². The highest BCUT2D eigenvalue weighted by Crippen LogP contribution is 2.27. The van der Waals surface area contributed by atoms with Gasteiger partial charge in [0.2, 0.25) is 5.91 Å². The minimum atomic E-state index is -0.660. The lowest BCUT2D eigenvalue weighted by molar-refractivity contribution is -0.125. The lowest BCUT2D eigenvalue weighted by atomic mass is 9.92. The summed E-state index contributed by atoms with van der Waals surface area (Å²) in [5.41, 5.74) is 8.33. The van der Waals surface area contributed by atoms with Crippen molar-refractivity contribution in [2.24, 2.45) is 16.6 Å². The van der Waals surface area contributed by atoms with Crippen LogP contribution in [0.5, 0.6) is 0 Å². The third kappa shape index (κ3) is 7.88. The maximum atomic E-state index is 14.4. The van der Waals surface area contributed by atoms with Gasteiger partial charge in [0.15, 0.2) is 5.82 Å². The van der Waals surface area contributed by atoms with Crippen LogP contribution in [-0.4, -0.2) is 37.2 Å². The van der Waals surface area contributed by atoms with E-state index in [-0.39, 0.29) is 45.9 Å². The van der Waals surface area contributed by atoms with Gasteiger partial charge in [-0.15, -0.1) is 0 Å². The van der Waals surface area contributed by atoms with Crippen molar-refractivity contribution in [1.29, 1.82) is 0 Å². The fourth-order valence-electron chi connectivity index (χ4n) is 4.61. The van der Waals surface area contributed by atoms with E-state index in [4.69, 9.17) is 17.3 Å². The van der Waals surface area contributed by atoms with Crippen LogP contribution in [0.2, 0.25) is 5.02 Å². The molecule has 3 unspecified atom stereocenters. The molecule has 2 amide bonds. The molecule has 9 heteroatoms. The van der Waals surface area contributed by atoms with Crippen LogP contribution in [0.4, 0.5) is 10.1 Å². The van der Waals surface area contributed by atoms with Gasteiger partial charge < -0.3 is 21.7 Å². The Hall–Kier alpha value is -3.23. The molecular weight excluding hydrogens is 505 g/mol. The lowest BCUT2D eigenvalue weighted by Gasteiger charge is -2.25. The molecule has 1 aliphatic rings. The van der Waals surface area contributed by atoms with E-state index in [0.29, 0.717) is 19.3 Å². The number of benzene rings is 2. The first kappa shape index (κ1) is 29.3. The number of amides is 2. The summed E-state index contributed by atoms with van der Waals surface area (Å²) in [5.74, 6) is -1.15. The second-order valence-corrected chi connectivity index (χ2v) is 10.2. The van der Waals surface area contributed by atoms with Gasteiger partial charge in [-0.1, -0.05) is 55.3 Å². The zero-order chi connectivity index (χ0) is 27.7. The van der Waals surface area contributed by atoms with Gasteiger partial charge in [0.05, 0.1) is 22.3 Å². The molecule has 0 radical (unpaired) electrons. The van der Waals surface area contributed by atoms with Gasteiger partial charge in [-0.05, 0) is 69.5 Å². The molecule has 5 N–H and O–H groups in total. The molecule has 1 heterocycles. The van der Waals surface area contributed by atoms with Crippen LogP contribution in [0.25, 0.3) is 0 Å². The van der Waals surface area contributed by atoms with Crippen molar-refractivity contribution in [2.45, 2.75) is 58.0 Å². The van der Waals surface area contributed by atoms with Gasteiger partial charge in [-0.2, -0.15) is 0 Å². The fraction of sp³-hybridized carbons (Fsp3) is 0.414. The Morgan fingerprint density at radius 3 is 2.76 bits per heavy atom. The van der Waals surface area contributed by atoms with Gasteiger partial charge in [-0.25, -0.2) is 9.38 Å². The van der Waals surface area contributed by atoms with Crippen molar-refractivity contribution in [2.75, 3.05) is 13.6 Å². The summed E-state index contributed by atoms with van der Waals surface area (Å²) in [5, 5.41) is 9.42. The molecule has 0 aliphatic carbocycles. The number of carbonyl (C=O) groups is 2. The number of carbonyl (C=O) groups excluding carboxylic acids is 2. The van der Waals surface area contributed by atoms with Crippen molar-refractivity contribution in [3.8, 4) is 0 Å². The summed E-state index contributed by atoms with van der Waals surface area (Å²) < 4.78 is 14.4. The van der Waals surface area contributed by atoms with Crippen LogP contribution < -0.4 is 21.7 Å². The van der Waals surface area contributed by atoms with Crippen LogP contribution >= 0.6 is 11.6 Å². The summed E-state index contributed by atoms with van der Waals surface area (Å²) in [6.45, 7) is 4.34. The largest absolute Gasteiger partial charge is 0.404 e. The molecule has 7 nitrogen and oxygen atoms in total. The number of hydrogen-bond donors (Lipinski definition) is 4. The second-order valence-electron chi connectivity index (χ2n) is 9.76. The van der Waals surface area contributed by atoms with Crippen LogP contribution in [-0.2, 0) is 16.0 Å². The Balaban J connectivity index is 1.86. The molecule has 2 aromatic carbocycles. The van der Waals surface area contributed by atoms with E-state index in [1.54, 1.807) is 13.0 Å². The van der Waals surface area contributed by atoms with Crippen LogP contribution in [0, 0.1) is 11.7 Å². The van der Waals surface area contributed by atoms with Crippen molar-refractivity contribution in [3.63, 3.8) is 0 Å². The second kappa shape index (κ2) is 14.1. The summed E-state index contributed by atoms with van der Waals surface area (Å²) in [6, 6.07) is 12.3. The molecule has 2 aromatic rings. The first-order chi connectivity index (χ1) is 18.2. The Morgan fingerprint density at radius 1 is 1.26 bits per heavy atom. The molecule has 2 bridgehead atoms. The summed E-state index contributed by atoms with van der Waals surface area (Å²) in [7, 11) is 1.90. The van der Waals surface area contributed by atoms with Crippen molar-refractivity contribution in [3.05, 3.63) is 76.2 Å². The van der Waals surface area contributed by atoms with Gasteiger partial charge in [0, 0.05) is 18.2 Å². The van der Waals surface area contributed by atoms with Crippen molar-refractivity contribution in [1.82, 2.24) is 16.0 Å². The molecule has 0 saturated carbocycles. The normalized spacial score (nSPS) is 21.2. The highest BCUT2D eigenvalue weighted by Gasteiger charge is 2.23. The highest BCUT2D eigenvalue weighted by molar-refractivity contribution is 6.31. The molecule has 3 atom stereocenters. The lowest BCUT2D eigenvalue weighted by Crippen LogP contribution is -2.41. The number of nitrogens with one attached hydrogen (secondary N) is 3. The molecule has 38 heavy (non-hydrogen) atoms. The molecule has 1 aliphatic heterocycles. The summed E-state index contributed by atoms with van der Waals surface area (Å²) in [6.07, 6.45) is 4.78. The summed E-state index contributed by atoms with van der Waals surface area (Å²) in [4.78, 5) is 30.4. The average Bonchev–Trinajstić information content (AvgIpc) is 2.89. The van der Waals surface area contributed by atoms with Gasteiger partial charge in [0.25, 0.3) is 5.91 Å². The first-order valence-electron chi connectivity index (χ1n) is 13.0. The number of aliphatic imine (C=N–C) groups is 1. The number of halogens is 2. The zero-order valence-corrected chi connectivity index (χ0v) is 22.9. The number of nitrogens with two attached hydrogens (primary N) is 1. The van der Waals surface area contributed by atoms with E-state index in [0.717, 1.165) is 30.5 Å². The number of hydrogen-bond acceptors (Lipinski definition) is 5. The highest BCUT2D eigenvalue weighted by atomic mass is 35.5. The topological polar surface area (TPSA) is 109 Å². The monoisotopic (exact) mass is 541 g/mol. The van der Waals surface area contributed by atoms with E-state index in [9.17, 15) is 14.0 Å². The predicted octanol–water partition coefficient (Wildman–Crippen LogP) is 4.73. The van der Waals surface area contributed by atoms with Crippen LogP contribution in [0.1, 0.15) is 56.7 Å². The SMILES string of the molecule is CNCCC1Cc2cccc(c2)C(NC(=O)C(=CN)C(C)=Nc2cccc(Cl)c2F)CCCC(C)C(=O)N1. The maximum Gasteiger partial charge on any atom is 0.255 e. The van der Waals surface area contributed by atoms with E-state index < -0.39 is 11.7 Å². The Kier molecular flexibility index (Phi) is 10.9. The van der Waals surface area contributed by atoms with Crippen LogP contribution in [0.15, 0.2) is 59.2 Å². The number of fused-ring (bicyclic) bond motifs is 2. The molecular formula is C29H37ClFN5O2. The fourth-order valence-corrected chi connectivity index (χ4v) is 4.78. The Bertz CT molecular complexity index is 1200. The minimum Gasteiger partial charge on any atom is -0.404 e. The Labute approximate surface area is 229 Å². The average molecular weight is 542 g/mol. The summed E-state index contributed by atoms with van der Waals surface area (Å²) >= 11 is 5.87. The maximum absolute atomic E-state index is 14.4. The third-order valence-corrected chi connectivity index (χ3v) is 7.12. The van der Waals surface area contributed by atoms with E-state index in [1.165, 1.54) is 18.3 Å². The first-order valence-corrected chi connectivity index (χ1v) is 13.4. The van der Waals surface area contributed by atoms with Gasteiger partial charge in [0.1, 0.15) is 5.69 Å². The van der Waals surface area contributed by atoms with Crippen molar-refractivity contribution >= 4 is 34.8 Å². The van der Waals surface area contributed by atoms with E-state index >= 15 is 0 Å². The molecule has 0 fully saturated rings. The van der Waals surface area contributed by atoms with E-state index in [1.807, 2.05) is 32.2 Å². The molecule has 204 valence electrons. The molecule has 3 rings (SSSR count). The zero-order valence-electron chi connectivity index (χ0n) is 22.2. The van der Waals surface area contributed by atoms with E-state index in [2.05, 4.69) is 27.0 Å². The third-order valence-electron chi connectivity index (χ3n) is 6.83. The van der Waals surface area contributed by atoms with Gasteiger partial charge >= 0.3 is 0 Å². The van der Waals surface area contributed by atoms with Gasteiger partial charge in [-0.3, -0.25) is 9.59 Å². The quantitative estimate of drug-likeness (QED) is 0.300. The standard InChI is InChI=1S/C29H37ClFN5O2/c1-18-7-4-11-25(21-9-5-8-20(15-21)16-22(13-14-33-3)35-28(18)37)36-29(38)23(17-32)19(2)34-26-12-6-10-24(30)27(26)31/h5-6,8-10,12,15,17-18,22,25,33H,4,7,11,13-14,16,32H2,1-3H3,(H,35,37)(H,36,38). The predicted molar refractivity (Wildman–Crippen MR) is 151 cm³/mol. The molecule has 0 aromatic heterocycles. The molecule has 0 saturated heterocycles. The van der Waals surface area contributed by atoms with Crippen molar-refractivity contribution < 1.29 is 14.0 Å². The Morgan fingerprint density at radius 2 is 2.03 bits per heavy atom. The minimum absolute atomic E-state index is 0.0117. The smallest absolute Gasteiger partial charge is 0.255 e. The number of rotatable bonds is 7.